The first-order valence-corrected chi connectivity index (χ1v) is 7.67. The number of nitrogens with one attached hydrogen (secondary N) is 1. The Kier molecular flexibility index (Phi) is 3.57. The van der Waals surface area contributed by atoms with Crippen molar-refractivity contribution in [3.05, 3.63) is 41.2 Å². The third-order valence-electron chi connectivity index (χ3n) is 3.94. The molecule has 110 valence electrons. The predicted octanol–water partition coefficient (Wildman–Crippen LogP) is 3.15. The number of H-pyrrole nitrogens is 1. The van der Waals surface area contributed by atoms with E-state index < -0.39 is 0 Å². The molecule has 2 aromatic heterocycles. The molecule has 1 fully saturated rings. The van der Waals surface area contributed by atoms with E-state index in [2.05, 4.69) is 44.7 Å². The largest absolute Gasteiger partial charge is 0.347 e. The SMILES string of the molecule is CC1(C)C[C@@H]1C(=O)N(Cc1ncc[nH]1)c1cncc(Br)c1. The van der Waals surface area contributed by atoms with E-state index in [0.29, 0.717) is 6.54 Å². The maximum Gasteiger partial charge on any atom is 0.231 e. The molecule has 1 saturated carbocycles. The lowest BCUT2D eigenvalue weighted by Gasteiger charge is -2.22. The summed E-state index contributed by atoms with van der Waals surface area (Å²) in [5.74, 6) is 0.976. The van der Waals surface area contributed by atoms with E-state index in [4.69, 9.17) is 0 Å². The number of anilines is 1. The molecule has 0 saturated heterocycles. The minimum atomic E-state index is 0.0754. The maximum atomic E-state index is 12.8. The van der Waals surface area contributed by atoms with Gasteiger partial charge < -0.3 is 9.88 Å². The predicted molar refractivity (Wildman–Crippen MR) is 83.6 cm³/mol. The van der Waals surface area contributed by atoms with Gasteiger partial charge in [-0.05, 0) is 33.8 Å². The molecule has 0 spiro atoms. The van der Waals surface area contributed by atoms with Gasteiger partial charge in [-0.1, -0.05) is 13.8 Å². The number of halogens is 1. The number of aromatic nitrogens is 3. The molecule has 3 rings (SSSR count). The summed E-state index contributed by atoms with van der Waals surface area (Å²) in [6.07, 6.45) is 7.80. The Hall–Kier alpha value is -1.69. The van der Waals surface area contributed by atoms with Crippen LogP contribution in [0.15, 0.2) is 35.3 Å². The summed E-state index contributed by atoms with van der Waals surface area (Å²) in [7, 11) is 0. The van der Waals surface area contributed by atoms with Crippen LogP contribution in [0.4, 0.5) is 5.69 Å². The van der Waals surface area contributed by atoms with E-state index >= 15 is 0 Å². The lowest BCUT2D eigenvalue weighted by atomic mass is 10.1. The van der Waals surface area contributed by atoms with Gasteiger partial charge in [-0.25, -0.2) is 4.98 Å². The van der Waals surface area contributed by atoms with Crippen LogP contribution in [0, 0.1) is 11.3 Å². The van der Waals surface area contributed by atoms with E-state index in [1.165, 1.54) is 0 Å². The summed E-state index contributed by atoms with van der Waals surface area (Å²) in [6, 6.07) is 1.91. The van der Waals surface area contributed by atoms with Gasteiger partial charge in [0.2, 0.25) is 5.91 Å². The fourth-order valence-corrected chi connectivity index (χ4v) is 2.81. The number of carbonyl (C=O) groups excluding carboxylic acids is 1. The zero-order valence-corrected chi connectivity index (χ0v) is 13.6. The number of rotatable bonds is 4. The van der Waals surface area contributed by atoms with Gasteiger partial charge >= 0.3 is 0 Å². The second-order valence-electron chi connectivity index (χ2n) is 6.07. The van der Waals surface area contributed by atoms with Crippen molar-refractivity contribution in [2.24, 2.45) is 11.3 Å². The molecule has 1 atom stereocenters. The van der Waals surface area contributed by atoms with Crippen molar-refractivity contribution < 1.29 is 4.79 Å². The van der Waals surface area contributed by atoms with Crippen LogP contribution in [0.25, 0.3) is 0 Å². The van der Waals surface area contributed by atoms with Crippen molar-refractivity contribution in [3.63, 3.8) is 0 Å². The van der Waals surface area contributed by atoms with Gasteiger partial charge in [-0.15, -0.1) is 0 Å². The third-order valence-corrected chi connectivity index (χ3v) is 4.38. The minimum absolute atomic E-state index is 0.0754. The molecule has 0 radical (unpaired) electrons. The molecule has 6 heteroatoms. The molecule has 1 aliphatic rings. The average Bonchev–Trinajstić information content (AvgIpc) is 2.87. The number of nitrogens with zero attached hydrogens (tertiary/aromatic N) is 3. The molecule has 1 aliphatic carbocycles. The molecule has 1 N–H and O–H groups in total. The molecule has 1 amide bonds. The van der Waals surface area contributed by atoms with Gasteiger partial charge in [0, 0.05) is 29.0 Å². The lowest BCUT2D eigenvalue weighted by molar-refractivity contribution is -0.120. The Bertz CT molecular complexity index is 653. The van der Waals surface area contributed by atoms with Crippen molar-refractivity contribution in [2.75, 3.05) is 4.90 Å². The van der Waals surface area contributed by atoms with Crippen molar-refractivity contribution >= 4 is 27.5 Å². The Morgan fingerprint density at radius 2 is 2.29 bits per heavy atom. The minimum Gasteiger partial charge on any atom is -0.347 e. The summed E-state index contributed by atoms with van der Waals surface area (Å²) < 4.78 is 0.854. The molecular weight excluding hydrogens is 332 g/mol. The molecule has 21 heavy (non-hydrogen) atoms. The second-order valence-corrected chi connectivity index (χ2v) is 6.98. The van der Waals surface area contributed by atoms with Gasteiger partial charge in [0.15, 0.2) is 0 Å². The smallest absolute Gasteiger partial charge is 0.231 e. The highest BCUT2D eigenvalue weighted by molar-refractivity contribution is 9.10. The molecule has 0 aromatic carbocycles. The zero-order chi connectivity index (χ0) is 15.0. The number of carbonyl (C=O) groups is 1. The van der Waals surface area contributed by atoms with Crippen LogP contribution in [0.5, 0.6) is 0 Å². The highest BCUT2D eigenvalue weighted by Gasteiger charge is 2.52. The third kappa shape index (κ3) is 3.00. The molecule has 0 bridgehead atoms. The highest BCUT2D eigenvalue weighted by Crippen LogP contribution is 2.52. The van der Waals surface area contributed by atoms with Crippen molar-refractivity contribution in [2.45, 2.75) is 26.8 Å². The fourth-order valence-electron chi connectivity index (χ4n) is 2.46. The van der Waals surface area contributed by atoms with Crippen molar-refractivity contribution in [1.29, 1.82) is 0 Å². The second kappa shape index (κ2) is 5.26. The maximum absolute atomic E-state index is 12.8. The Morgan fingerprint density at radius 1 is 1.52 bits per heavy atom. The first kappa shape index (κ1) is 14.3. The summed E-state index contributed by atoms with van der Waals surface area (Å²) in [5, 5.41) is 0. The number of amides is 1. The zero-order valence-electron chi connectivity index (χ0n) is 12.0. The molecule has 2 aromatic rings. The Balaban J connectivity index is 1.89. The first-order chi connectivity index (χ1) is 9.97. The summed E-state index contributed by atoms with van der Waals surface area (Å²) in [5.41, 5.74) is 0.881. The van der Waals surface area contributed by atoms with Crippen LogP contribution in [0.3, 0.4) is 0 Å². The number of hydrogen-bond acceptors (Lipinski definition) is 3. The topological polar surface area (TPSA) is 61.9 Å². The van der Waals surface area contributed by atoms with Crippen LogP contribution in [-0.2, 0) is 11.3 Å². The van der Waals surface area contributed by atoms with Crippen LogP contribution in [-0.4, -0.2) is 20.9 Å². The molecule has 5 nitrogen and oxygen atoms in total. The number of hydrogen-bond donors (Lipinski definition) is 1. The number of imidazole rings is 1. The molecule has 2 heterocycles. The molecular formula is C15H17BrN4O. The fraction of sp³-hybridized carbons (Fsp3) is 0.400. The highest BCUT2D eigenvalue weighted by atomic mass is 79.9. The van der Waals surface area contributed by atoms with E-state index in [0.717, 1.165) is 22.4 Å². The van der Waals surface area contributed by atoms with E-state index in [1.807, 2.05) is 6.07 Å². The summed E-state index contributed by atoms with van der Waals surface area (Å²) in [6.45, 7) is 4.68. The van der Waals surface area contributed by atoms with Gasteiger partial charge in [0.05, 0.1) is 18.4 Å². The molecule has 0 unspecified atom stereocenters. The Labute approximate surface area is 131 Å². The van der Waals surface area contributed by atoms with Crippen molar-refractivity contribution in [3.8, 4) is 0 Å². The van der Waals surface area contributed by atoms with Gasteiger partial charge in [-0.3, -0.25) is 9.78 Å². The summed E-state index contributed by atoms with van der Waals surface area (Å²) in [4.78, 5) is 26.0. The standard InChI is InChI=1S/C15H17BrN4O/c1-15(2)6-12(15)14(21)20(9-13-18-3-4-19-13)11-5-10(16)7-17-8-11/h3-5,7-8,12H,6,9H2,1-2H3,(H,18,19)/t12-/m1/s1. The molecule has 0 aliphatic heterocycles. The first-order valence-electron chi connectivity index (χ1n) is 6.87. The monoisotopic (exact) mass is 348 g/mol. The van der Waals surface area contributed by atoms with Gasteiger partial charge in [0.1, 0.15) is 5.82 Å². The van der Waals surface area contributed by atoms with E-state index in [-0.39, 0.29) is 17.2 Å². The van der Waals surface area contributed by atoms with Crippen LogP contribution in [0.1, 0.15) is 26.1 Å². The van der Waals surface area contributed by atoms with Crippen LogP contribution in [0.2, 0.25) is 0 Å². The Morgan fingerprint density at radius 3 is 2.86 bits per heavy atom. The normalized spacial score (nSPS) is 19.3. The van der Waals surface area contributed by atoms with Crippen LogP contribution < -0.4 is 4.90 Å². The van der Waals surface area contributed by atoms with Crippen LogP contribution >= 0.6 is 15.9 Å². The summed E-state index contributed by atoms with van der Waals surface area (Å²) >= 11 is 3.41. The van der Waals surface area contributed by atoms with Crippen molar-refractivity contribution in [1.82, 2.24) is 15.0 Å². The van der Waals surface area contributed by atoms with Gasteiger partial charge in [0.25, 0.3) is 0 Å². The lowest BCUT2D eigenvalue weighted by Crippen LogP contribution is -2.33. The van der Waals surface area contributed by atoms with E-state index in [9.17, 15) is 4.79 Å². The number of pyridine rings is 1. The number of aromatic amines is 1. The quantitative estimate of drug-likeness (QED) is 0.922. The van der Waals surface area contributed by atoms with Gasteiger partial charge in [-0.2, -0.15) is 0 Å². The van der Waals surface area contributed by atoms with E-state index in [1.54, 1.807) is 29.7 Å². The average molecular weight is 349 g/mol.